The topological polar surface area (TPSA) is 110 Å². The SMILES string of the molecule is CNC(C)(CCN)C(CC(N)c1ccc(Cl)cc1[N+](=O)[O-])N(C)C. The van der Waals surface area contributed by atoms with Crippen LogP contribution in [0.1, 0.15) is 31.4 Å². The Morgan fingerprint density at radius 3 is 2.54 bits per heavy atom. The fourth-order valence-corrected chi connectivity index (χ4v) is 3.32. The van der Waals surface area contributed by atoms with E-state index >= 15 is 0 Å². The molecular weight excluding hydrogens is 330 g/mol. The lowest BCUT2D eigenvalue weighted by atomic mass is 9.82. The van der Waals surface area contributed by atoms with Crippen LogP contribution in [0, 0.1) is 10.1 Å². The molecule has 1 aromatic rings. The van der Waals surface area contributed by atoms with Crippen LogP contribution < -0.4 is 16.8 Å². The van der Waals surface area contributed by atoms with Crippen molar-refractivity contribution in [1.82, 2.24) is 10.2 Å². The van der Waals surface area contributed by atoms with E-state index in [-0.39, 0.29) is 17.3 Å². The van der Waals surface area contributed by atoms with Gasteiger partial charge in [-0.1, -0.05) is 11.6 Å². The summed E-state index contributed by atoms with van der Waals surface area (Å²) >= 11 is 5.88. The van der Waals surface area contributed by atoms with E-state index in [4.69, 9.17) is 23.1 Å². The zero-order valence-corrected chi connectivity index (χ0v) is 15.5. The van der Waals surface area contributed by atoms with Crippen LogP contribution in [0.3, 0.4) is 0 Å². The number of nitrogens with one attached hydrogen (secondary N) is 1. The molecule has 0 aliphatic carbocycles. The monoisotopic (exact) mass is 357 g/mol. The van der Waals surface area contributed by atoms with E-state index in [9.17, 15) is 10.1 Å². The number of nitrogens with zero attached hydrogens (tertiary/aromatic N) is 2. The van der Waals surface area contributed by atoms with Gasteiger partial charge >= 0.3 is 0 Å². The van der Waals surface area contributed by atoms with Crippen molar-refractivity contribution in [2.75, 3.05) is 27.7 Å². The van der Waals surface area contributed by atoms with E-state index in [1.54, 1.807) is 12.1 Å². The maximum atomic E-state index is 11.3. The first-order chi connectivity index (χ1) is 11.2. The summed E-state index contributed by atoms with van der Waals surface area (Å²) in [6, 6.07) is 4.18. The number of halogens is 1. The zero-order valence-electron chi connectivity index (χ0n) is 14.8. The van der Waals surface area contributed by atoms with E-state index in [1.165, 1.54) is 6.07 Å². The molecule has 0 aliphatic rings. The third-order valence-corrected chi connectivity index (χ3v) is 4.89. The van der Waals surface area contributed by atoms with E-state index < -0.39 is 11.0 Å². The van der Waals surface area contributed by atoms with Crippen LogP contribution >= 0.6 is 11.6 Å². The summed E-state index contributed by atoms with van der Waals surface area (Å²) in [6.07, 6.45) is 1.31. The predicted molar refractivity (Wildman–Crippen MR) is 98.3 cm³/mol. The van der Waals surface area contributed by atoms with Crippen LogP contribution in [-0.4, -0.2) is 49.1 Å². The molecule has 3 unspecified atom stereocenters. The summed E-state index contributed by atoms with van der Waals surface area (Å²) in [5.74, 6) is 0. The molecule has 1 rings (SSSR count). The van der Waals surface area contributed by atoms with Crippen molar-refractivity contribution >= 4 is 17.3 Å². The third-order valence-electron chi connectivity index (χ3n) is 4.66. The molecule has 24 heavy (non-hydrogen) atoms. The van der Waals surface area contributed by atoms with Gasteiger partial charge in [-0.3, -0.25) is 10.1 Å². The zero-order chi connectivity index (χ0) is 18.5. The van der Waals surface area contributed by atoms with Gasteiger partial charge in [0.15, 0.2) is 0 Å². The number of nitro benzene ring substituents is 1. The number of hydrogen-bond donors (Lipinski definition) is 3. The average molecular weight is 358 g/mol. The molecule has 0 saturated carbocycles. The highest BCUT2D eigenvalue weighted by Gasteiger charge is 2.36. The molecule has 0 radical (unpaired) electrons. The molecule has 0 aliphatic heterocycles. The Balaban J connectivity index is 3.14. The second-order valence-electron chi connectivity index (χ2n) is 6.49. The molecule has 3 atom stereocenters. The Hall–Kier alpha value is -1.25. The summed E-state index contributed by atoms with van der Waals surface area (Å²) in [5.41, 5.74) is 12.3. The lowest BCUT2D eigenvalue weighted by Crippen LogP contribution is -2.57. The number of hydrogen-bond acceptors (Lipinski definition) is 6. The fraction of sp³-hybridized carbons (Fsp3) is 0.625. The van der Waals surface area contributed by atoms with Crippen LogP contribution in [0.15, 0.2) is 18.2 Å². The molecule has 0 heterocycles. The number of benzene rings is 1. The molecule has 0 aromatic heterocycles. The van der Waals surface area contributed by atoms with Crippen LogP contribution in [0.4, 0.5) is 5.69 Å². The van der Waals surface area contributed by atoms with Crippen molar-refractivity contribution in [3.05, 3.63) is 38.9 Å². The standard InChI is InChI=1S/C16H28ClN5O2/c1-16(20-2,7-8-18)15(21(3)4)10-13(19)12-6-5-11(17)9-14(12)22(23)24/h5-6,9,13,15,20H,7-8,10,18-19H2,1-4H3. The number of rotatable bonds is 9. The minimum absolute atomic E-state index is 0.0440. The molecular formula is C16H28ClN5O2. The largest absolute Gasteiger partial charge is 0.330 e. The van der Waals surface area contributed by atoms with Crippen LogP contribution in [0.5, 0.6) is 0 Å². The van der Waals surface area contributed by atoms with Crippen LogP contribution in [-0.2, 0) is 0 Å². The van der Waals surface area contributed by atoms with Gasteiger partial charge in [0.05, 0.1) is 4.92 Å². The Kier molecular flexibility index (Phi) is 7.56. The molecule has 0 fully saturated rings. The van der Waals surface area contributed by atoms with E-state index in [0.29, 0.717) is 23.6 Å². The third kappa shape index (κ3) is 4.87. The van der Waals surface area contributed by atoms with E-state index in [1.807, 2.05) is 21.1 Å². The molecule has 0 spiro atoms. The van der Waals surface area contributed by atoms with Crippen molar-refractivity contribution in [2.45, 2.75) is 37.4 Å². The van der Waals surface area contributed by atoms with Gasteiger partial charge < -0.3 is 21.7 Å². The number of nitrogens with two attached hydrogens (primary N) is 2. The normalized spacial score (nSPS) is 16.7. The van der Waals surface area contributed by atoms with Gasteiger partial charge in [0.25, 0.3) is 5.69 Å². The van der Waals surface area contributed by atoms with E-state index in [0.717, 1.165) is 6.42 Å². The first-order valence-corrected chi connectivity index (χ1v) is 8.29. The second-order valence-corrected chi connectivity index (χ2v) is 6.92. The second kappa shape index (κ2) is 8.73. The molecule has 7 nitrogen and oxygen atoms in total. The Labute approximate surface area is 148 Å². The van der Waals surface area contributed by atoms with Crippen LogP contribution in [0.25, 0.3) is 0 Å². The summed E-state index contributed by atoms with van der Waals surface area (Å²) in [7, 11) is 5.84. The molecule has 0 amide bonds. The van der Waals surface area contributed by atoms with Crippen molar-refractivity contribution in [3.8, 4) is 0 Å². The number of nitro groups is 1. The summed E-state index contributed by atoms with van der Waals surface area (Å²) in [6.45, 7) is 2.63. The van der Waals surface area contributed by atoms with Gasteiger partial charge in [0.2, 0.25) is 0 Å². The van der Waals surface area contributed by atoms with Gasteiger partial charge in [0.1, 0.15) is 0 Å². The maximum absolute atomic E-state index is 11.3. The molecule has 1 aromatic carbocycles. The first kappa shape index (κ1) is 20.8. The average Bonchev–Trinajstić information content (AvgIpc) is 2.51. The molecule has 0 saturated heterocycles. The quantitative estimate of drug-likeness (QED) is 0.460. The fourth-order valence-electron chi connectivity index (χ4n) is 3.15. The Bertz CT molecular complexity index is 569. The van der Waals surface area contributed by atoms with Crippen LogP contribution in [0.2, 0.25) is 5.02 Å². The highest BCUT2D eigenvalue weighted by atomic mass is 35.5. The van der Waals surface area contributed by atoms with Gasteiger partial charge in [-0.05, 0) is 59.6 Å². The van der Waals surface area contributed by atoms with Gasteiger partial charge in [-0.25, -0.2) is 0 Å². The van der Waals surface area contributed by atoms with E-state index in [2.05, 4.69) is 17.1 Å². The lowest BCUT2D eigenvalue weighted by Gasteiger charge is -2.42. The van der Waals surface area contributed by atoms with Crippen molar-refractivity contribution < 1.29 is 4.92 Å². The van der Waals surface area contributed by atoms with Crippen molar-refractivity contribution in [1.29, 1.82) is 0 Å². The first-order valence-electron chi connectivity index (χ1n) is 7.91. The molecule has 5 N–H and O–H groups in total. The minimum Gasteiger partial charge on any atom is -0.330 e. The highest BCUT2D eigenvalue weighted by Crippen LogP contribution is 2.32. The lowest BCUT2D eigenvalue weighted by molar-refractivity contribution is -0.385. The smallest absolute Gasteiger partial charge is 0.275 e. The van der Waals surface area contributed by atoms with Crippen molar-refractivity contribution in [2.24, 2.45) is 11.5 Å². The summed E-state index contributed by atoms with van der Waals surface area (Å²) in [4.78, 5) is 12.9. The summed E-state index contributed by atoms with van der Waals surface area (Å²) < 4.78 is 0. The number of likely N-dealkylation sites (N-methyl/N-ethyl adjacent to an activating group) is 2. The van der Waals surface area contributed by atoms with Gasteiger partial charge in [0, 0.05) is 34.3 Å². The Morgan fingerprint density at radius 2 is 2.08 bits per heavy atom. The molecule has 136 valence electrons. The van der Waals surface area contributed by atoms with Gasteiger partial charge in [-0.2, -0.15) is 0 Å². The maximum Gasteiger partial charge on any atom is 0.275 e. The predicted octanol–water partition coefficient (Wildman–Crippen LogP) is 1.90. The minimum atomic E-state index is -0.486. The molecule has 8 heteroatoms. The van der Waals surface area contributed by atoms with Gasteiger partial charge in [-0.15, -0.1) is 0 Å². The summed E-state index contributed by atoms with van der Waals surface area (Å²) in [5, 5.41) is 15.0. The van der Waals surface area contributed by atoms with Crippen molar-refractivity contribution in [3.63, 3.8) is 0 Å². The molecule has 0 bridgehead atoms. The highest BCUT2D eigenvalue weighted by molar-refractivity contribution is 6.30. The Morgan fingerprint density at radius 1 is 1.46 bits per heavy atom.